The molecule has 0 aromatic heterocycles. The number of nitriles is 1. The highest BCUT2D eigenvalue weighted by atomic mass is 33.1. The fourth-order valence-corrected chi connectivity index (χ4v) is 6.32. The Kier molecular flexibility index (Phi) is 10.3. The largest absolute Gasteiger partial charge is 0.321 e. The summed E-state index contributed by atoms with van der Waals surface area (Å²) >= 11 is 0. The summed E-state index contributed by atoms with van der Waals surface area (Å²) in [4.78, 5) is 0. The fraction of sp³-hybridized carbons (Fsp3) is 0.929. The second-order valence-electron chi connectivity index (χ2n) is 5.52. The predicted molar refractivity (Wildman–Crippen MR) is 94.2 cm³/mol. The van der Waals surface area contributed by atoms with E-state index in [4.69, 9.17) is 14.3 Å². The third kappa shape index (κ3) is 7.54. The van der Waals surface area contributed by atoms with Gasteiger partial charge in [0.25, 0.3) is 8.53 Å². The first kappa shape index (κ1) is 19.5. The standard InChI is InChI=1S/C14H27N2O2PS2/c1-12(2)16(13(3)4)19(17-9-6-8-15)18-14-7-5-10-20-21-11-14/h12-14H,5-7,9-11H2,1-4H3. The first-order valence-corrected chi connectivity index (χ1v) is 11.2. The molecule has 122 valence electrons. The molecule has 0 aromatic rings. The van der Waals surface area contributed by atoms with Gasteiger partial charge in [-0.1, -0.05) is 21.6 Å². The Morgan fingerprint density at radius 2 is 2.00 bits per heavy atom. The Balaban J connectivity index is 2.67. The third-order valence-corrected chi connectivity index (χ3v) is 7.71. The zero-order chi connectivity index (χ0) is 15.7. The van der Waals surface area contributed by atoms with Crippen LogP contribution in [0.5, 0.6) is 0 Å². The van der Waals surface area contributed by atoms with Gasteiger partial charge in [0.15, 0.2) is 0 Å². The minimum Gasteiger partial charge on any atom is -0.321 e. The van der Waals surface area contributed by atoms with Crippen LogP contribution in [0, 0.1) is 11.3 Å². The van der Waals surface area contributed by atoms with Gasteiger partial charge in [0.05, 0.1) is 25.2 Å². The maximum atomic E-state index is 8.71. The van der Waals surface area contributed by atoms with Crippen molar-refractivity contribution in [3.05, 3.63) is 0 Å². The van der Waals surface area contributed by atoms with Crippen LogP contribution in [-0.2, 0) is 9.05 Å². The van der Waals surface area contributed by atoms with Crippen molar-refractivity contribution < 1.29 is 9.05 Å². The minimum absolute atomic E-state index is 0.262. The predicted octanol–water partition coefficient (Wildman–Crippen LogP) is 4.82. The lowest BCUT2D eigenvalue weighted by atomic mass is 10.2. The molecule has 1 aliphatic heterocycles. The molecular formula is C14H27N2O2PS2. The van der Waals surface area contributed by atoms with E-state index in [0.29, 0.717) is 25.1 Å². The number of hydrogen-bond acceptors (Lipinski definition) is 6. The molecule has 21 heavy (non-hydrogen) atoms. The molecule has 2 unspecified atom stereocenters. The molecular weight excluding hydrogens is 323 g/mol. The van der Waals surface area contributed by atoms with Gasteiger partial charge in [-0.15, -0.1) is 0 Å². The number of rotatable bonds is 8. The van der Waals surface area contributed by atoms with Gasteiger partial charge in [0, 0.05) is 23.6 Å². The lowest BCUT2D eigenvalue weighted by Crippen LogP contribution is -2.35. The number of nitrogens with zero attached hydrogens (tertiary/aromatic N) is 2. The van der Waals surface area contributed by atoms with Crippen LogP contribution in [0.3, 0.4) is 0 Å². The van der Waals surface area contributed by atoms with Gasteiger partial charge in [-0.25, -0.2) is 4.67 Å². The number of hydrogen-bond donors (Lipinski definition) is 0. The zero-order valence-electron chi connectivity index (χ0n) is 13.4. The Morgan fingerprint density at radius 3 is 2.62 bits per heavy atom. The summed E-state index contributed by atoms with van der Waals surface area (Å²) in [5, 5.41) is 8.71. The summed E-state index contributed by atoms with van der Waals surface area (Å²) in [5.74, 6) is 2.23. The molecule has 0 radical (unpaired) electrons. The van der Waals surface area contributed by atoms with Crippen LogP contribution in [0.15, 0.2) is 0 Å². The Bertz CT molecular complexity index is 311. The van der Waals surface area contributed by atoms with Crippen molar-refractivity contribution in [2.24, 2.45) is 0 Å². The normalized spacial score (nSPS) is 21.5. The molecule has 1 fully saturated rings. The van der Waals surface area contributed by atoms with E-state index in [2.05, 4.69) is 38.4 Å². The molecule has 0 spiro atoms. The average molecular weight is 350 g/mol. The van der Waals surface area contributed by atoms with Crippen LogP contribution in [0.25, 0.3) is 0 Å². The van der Waals surface area contributed by atoms with Gasteiger partial charge in [0.2, 0.25) is 0 Å². The second kappa shape index (κ2) is 11.1. The van der Waals surface area contributed by atoms with E-state index < -0.39 is 8.53 Å². The van der Waals surface area contributed by atoms with E-state index in [-0.39, 0.29) is 6.10 Å². The molecule has 0 aliphatic carbocycles. The summed E-state index contributed by atoms with van der Waals surface area (Å²) in [7, 11) is 2.74. The van der Waals surface area contributed by atoms with E-state index in [0.717, 1.165) is 12.2 Å². The summed E-state index contributed by atoms with van der Waals surface area (Å²) in [5.41, 5.74) is 0. The first-order valence-electron chi connectivity index (χ1n) is 7.55. The molecule has 1 aliphatic rings. The first-order chi connectivity index (χ1) is 10.1. The lowest BCUT2D eigenvalue weighted by molar-refractivity contribution is 0.138. The zero-order valence-corrected chi connectivity index (χ0v) is 16.0. The highest BCUT2D eigenvalue weighted by Crippen LogP contribution is 2.48. The SMILES string of the molecule is CC(C)N(C(C)C)P(OCCC#N)OC1CCCSSC1. The van der Waals surface area contributed by atoms with Crippen LogP contribution in [0.4, 0.5) is 0 Å². The molecule has 0 aromatic carbocycles. The third-order valence-electron chi connectivity index (χ3n) is 2.99. The Hall–Kier alpha value is 0.500. The fourth-order valence-electron chi connectivity index (χ4n) is 2.14. The monoisotopic (exact) mass is 350 g/mol. The van der Waals surface area contributed by atoms with Gasteiger partial charge < -0.3 is 9.05 Å². The molecule has 1 rings (SSSR count). The quantitative estimate of drug-likeness (QED) is 0.355. The van der Waals surface area contributed by atoms with Crippen molar-refractivity contribution in [2.45, 2.75) is 65.1 Å². The van der Waals surface area contributed by atoms with Crippen LogP contribution < -0.4 is 0 Å². The van der Waals surface area contributed by atoms with Gasteiger partial charge in [-0.05, 0) is 40.5 Å². The maximum Gasteiger partial charge on any atom is 0.259 e. The smallest absolute Gasteiger partial charge is 0.259 e. The van der Waals surface area contributed by atoms with Crippen molar-refractivity contribution in [3.8, 4) is 6.07 Å². The van der Waals surface area contributed by atoms with Crippen molar-refractivity contribution in [1.82, 2.24) is 4.67 Å². The van der Waals surface area contributed by atoms with Gasteiger partial charge in [0.1, 0.15) is 0 Å². The second-order valence-corrected chi connectivity index (χ2v) is 9.56. The summed E-state index contributed by atoms with van der Waals surface area (Å²) in [6.07, 6.45) is 2.98. The van der Waals surface area contributed by atoms with Crippen molar-refractivity contribution >= 4 is 30.1 Å². The molecule has 1 saturated heterocycles. The average Bonchev–Trinajstić information content (AvgIpc) is 2.66. The molecule has 0 amide bonds. The summed E-state index contributed by atoms with van der Waals surface area (Å²) in [6, 6.07) is 2.87. The van der Waals surface area contributed by atoms with Crippen LogP contribution >= 0.6 is 30.1 Å². The molecule has 7 heteroatoms. The van der Waals surface area contributed by atoms with Crippen LogP contribution in [-0.4, -0.2) is 41.0 Å². The van der Waals surface area contributed by atoms with E-state index in [1.807, 2.05) is 21.6 Å². The minimum atomic E-state index is -1.09. The maximum absolute atomic E-state index is 8.71. The highest BCUT2D eigenvalue weighted by Gasteiger charge is 2.30. The molecule has 4 nitrogen and oxygen atoms in total. The van der Waals surface area contributed by atoms with Gasteiger partial charge >= 0.3 is 0 Å². The van der Waals surface area contributed by atoms with E-state index in [1.165, 1.54) is 12.2 Å². The van der Waals surface area contributed by atoms with E-state index in [9.17, 15) is 0 Å². The van der Waals surface area contributed by atoms with E-state index in [1.54, 1.807) is 0 Å². The summed E-state index contributed by atoms with van der Waals surface area (Å²) < 4.78 is 14.6. The van der Waals surface area contributed by atoms with Crippen molar-refractivity contribution in [1.29, 1.82) is 5.26 Å². The summed E-state index contributed by atoms with van der Waals surface area (Å²) in [6.45, 7) is 9.13. The molecule has 1 heterocycles. The van der Waals surface area contributed by atoms with Crippen molar-refractivity contribution in [2.75, 3.05) is 18.1 Å². The van der Waals surface area contributed by atoms with Gasteiger partial charge in [-0.2, -0.15) is 5.26 Å². The molecule has 2 atom stereocenters. The Morgan fingerprint density at radius 1 is 1.29 bits per heavy atom. The highest BCUT2D eigenvalue weighted by molar-refractivity contribution is 8.76. The topological polar surface area (TPSA) is 45.5 Å². The molecule has 0 N–H and O–H groups in total. The van der Waals surface area contributed by atoms with Crippen LogP contribution in [0.2, 0.25) is 0 Å². The molecule has 0 saturated carbocycles. The van der Waals surface area contributed by atoms with E-state index >= 15 is 0 Å². The van der Waals surface area contributed by atoms with Crippen molar-refractivity contribution in [3.63, 3.8) is 0 Å². The van der Waals surface area contributed by atoms with Gasteiger partial charge in [-0.3, -0.25) is 0 Å². The Labute approximate surface area is 138 Å². The molecule has 0 bridgehead atoms. The van der Waals surface area contributed by atoms with Crippen LogP contribution in [0.1, 0.15) is 47.0 Å². The lowest BCUT2D eigenvalue weighted by Gasteiger charge is -2.37.